The predicted octanol–water partition coefficient (Wildman–Crippen LogP) is 4.64. The van der Waals surface area contributed by atoms with E-state index < -0.39 is 0 Å². The third-order valence-corrected chi connectivity index (χ3v) is 3.66. The van der Waals surface area contributed by atoms with E-state index >= 15 is 0 Å². The fraction of sp³-hybridized carbons (Fsp3) is 0.143. The molecule has 3 nitrogen and oxygen atoms in total. The van der Waals surface area contributed by atoms with Gasteiger partial charge in [-0.15, -0.1) is 0 Å². The van der Waals surface area contributed by atoms with Crippen molar-refractivity contribution >= 4 is 45.0 Å². The predicted molar refractivity (Wildman–Crippen MR) is 84.3 cm³/mol. The number of hydrogen-bond donors (Lipinski definition) is 1. The third-order valence-electron chi connectivity index (χ3n) is 2.74. The van der Waals surface area contributed by atoms with E-state index in [9.17, 15) is 4.79 Å². The van der Waals surface area contributed by atoms with Crippen molar-refractivity contribution in [2.45, 2.75) is 13.0 Å². The van der Waals surface area contributed by atoms with E-state index in [-0.39, 0.29) is 22.3 Å². The number of rotatable bonds is 3. The van der Waals surface area contributed by atoms with Crippen molar-refractivity contribution in [2.24, 2.45) is 0 Å². The molecule has 1 amide bonds. The molecule has 0 aliphatic rings. The van der Waals surface area contributed by atoms with Gasteiger partial charge < -0.3 is 5.32 Å². The maximum Gasteiger partial charge on any atom is 0.251 e. The molecular formula is C14H11BrCl2N2O. The van der Waals surface area contributed by atoms with Gasteiger partial charge in [-0.2, -0.15) is 0 Å². The molecule has 1 heterocycles. The number of aromatic nitrogens is 1. The van der Waals surface area contributed by atoms with Gasteiger partial charge in [0.1, 0.15) is 10.3 Å². The average molecular weight is 374 g/mol. The summed E-state index contributed by atoms with van der Waals surface area (Å²) >= 11 is 14.9. The van der Waals surface area contributed by atoms with E-state index in [2.05, 4.69) is 26.2 Å². The van der Waals surface area contributed by atoms with Crippen LogP contribution in [0.5, 0.6) is 0 Å². The first-order valence-electron chi connectivity index (χ1n) is 5.85. The molecule has 0 aliphatic carbocycles. The van der Waals surface area contributed by atoms with E-state index in [0.717, 1.165) is 10.0 Å². The number of halogens is 3. The summed E-state index contributed by atoms with van der Waals surface area (Å²) in [5, 5.41) is 3.27. The smallest absolute Gasteiger partial charge is 0.251 e. The van der Waals surface area contributed by atoms with Gasteiger partial charge in [-0.1, -0.05) is 51.3 Å². The first-order chi connectivity index (χ1) is 9.45. The van der Waals surface area contributed by atoms with E-state index in [4.69, 9.17) is 23.2 Å². The Kier molecular flexibility index (Phi) is 5.02. The van der Waals surface area contributed by atoms with Crippen molar-refractivity contribution in [3.05, 3.63) is 62.3 Å². The van der Waals surface area contributed by atoms with Crippen LogP contribution < -0.4 is 5.32 Å². The molecule has 20 heavy (non-hydrogen) atoms. The van der Waals surface area contributed by atoms with Crippen LogP contribution in [0.4, 0.5) is 0 Å². The molecule has 1 N–H and O–H groups in total. The lowest BCUT2D eigenvalue weighted by atomic mass is 10.1. The molecule has 0 unspecified atom stereocenters. The minimum atomic E-state index is -0.244. The number of hydrogen-bond acceptors (Lipinski definition) is 2. The zero-order chi connectivity index (χ0) is 14.7. The Labute approximate surface area is 135 Å². The van der Waals surface area contributed by atoms with Gasteiger partial charge in [0.05, 0.1) is 6.04 Å². The number of benzene rings is 1. The second-order valence-corrected chi connectivity index (χ2v) is 5.94. The maximum atomic E-state index is 12.1. The minimum absolute atomic E-state index is 0.124. The van der Waals surface area contributed by atoms with Gasteiger partial charge in [0.25, 0.3) is 5.91 Å². The van der Waals surface area contributed by atoms with E-state index in [1.807, 2.05) is 31.2 Å². The molecule has 2 rings (SSSR count). The lowest BCUT2D eigenvalue weighted by molar-refractivity contribution is 0.0940. The summed E-state index contributed by atoms with van der Waals surface area (Å²) in [6, 6.07) is 10.6. The first-order valence-corrected chi connectivity index (χ1v) is 7.40. The summed E-state index contributed by atoms with van der Waals surface area (Å²) in [7, 11) is 0. The van der Waals surface area contributed by atoms with Gasteiger partial charge in [0.15, 0.2) is 0 Å². The summed E-state index contributed by atoms with van der Waals surface area (Å²) in [4.78, 5) is 15.9. The van der Waals surface area contributed by atoms with E-state index in [1.165, 1.54) is 12.1 Å². The van der Waals surface area contributed by atoms with E-state index in [0.29, 0.717) is 5.56 Å². The zero-order valence-corrected chi connectivity index (χ0v) is 13.6. The lowest BCUT2D eigenvalue weighted by Gasteiger charge is -2.14. The van der Waals surface area contributed by atoms with Crippen LogP contribution in [-0.2, 0) is 0 Å². The van der Waals surface area contributed by atoms with Gasteiger partial charge >= 0.3 is 0 Å². The Morgan fingerprint density at radius 3 is 2.30 bits per heavy atom. The second-order valence-electron chi connectivity index (χ2n) is 4.25. The van der Waals surface area contributed by atoms with Crippen LogP contribution >= 0.6 is 39.1 Å². The molecule has 1 aromatic heterocycles. The topological polar surface area (TPSA) is 42.0 Å². The van der Waals surface area contributed by atoms with Crippen LogP contribution in [0.2, 0.25) is 10.3 Å². The largest absolute Gasteiger partial charge is 0.346 e. The normalized spacial score (nSPS) is 12.0. The van der Waals surface area contributed by atoms with E-state index in [1.54, 1.807) is 0 Å². The Morgan fingerprint density at radius 1 is 1.20 bits per heavy atom. The molecule has 0 fully saturated rings. The molecule has 6 heteroatoms. The van der Waals surface area contributed by atoms with Crippen LogP contribution in [0.3, 0.4) is 0 Å². The summed E-state index contributed by atoms with van der Waals surface area (Å²) < 4.78 is 0.993. The minimum Gasteiger partial charge on any atom is -0.346 e. The molecule has 0 radical (unpaired) electrons. The molecule has 104 valence electrons. The Morgan fingerprint density at radius 2 is 1.75 bits per heavy atom. The molecule has 0 spiro atoms. The van der Waals surface area contributed by atoms with Crippen LogP contribution in [0.1, 0.15) is 28.9 Å². The van der Waals surface area contributed by atoms with Gasteiger partial charge in [-0.05, 0) is 36.8 Å². The van der Waals surface area contributed by atoms with Crippen LogP contribution in [0.15, 0.2) is 40.9 Å². The Hall–Kier alpha value is -1.10. The third kappa shape index (κ3) is 3.95. The highest BCUT2D eigenvalue weighted by Gasteiger charge is 2.13. The lowest BCUT2D eigenvalue weighted by Crippen LogP contribution is -2.26. The fourth-order valence-electron chi connectivity index (χ4n) is 1.71. The number of pyridine rings is 1. The summed E-state index contributed by atoms with van der Waals surface area (Å²) in [5.74, 6) is -0.244. The van der Waals surface area contributed by atoms with Gasteiger partial charge in [-0.3, -0.25) is 4.79 Å². The van der Waals surface area contributed by atoms with Gasteiger partial charge in [-0.25, -0.2) is 4.98 Å². The number of nitrogens with one attached hydrogen (secondary N) is 1. The van der Waals surface area contributed by atoms with Crippen LogP contribution in [0.25, 0.3) is 0 Å². The van der Waals surface area contributed by atoms with Gasteiger partial charge in [0, 0.05) is 10.0 Å². The summed E-state index contributed by atoms with van der Waals surface area (Å²) in [6.45, 7) is 1.91. The number of carbonyl (C=O) groups excluding carboxylic acids is 1. The standard InChI is InChI=1S/C14H11BrCl2N2O/c1-8(9-2-4-11(15)5-3-9)18-14(20)10-6-12(16)19-13(17)7-10/h2-8H,1H3,(H,18,20)/t8-/m1/s1. The fourth-order valence-corrected chi connectivity index (χ4v) is 2.44. The van der Waals surface area contributed by atoms with Gasteiger partial charge in [0.2, 0.25) is 0 Å². The molecule has 0 saturated heterocycles. The van der Waals surface area contributed by atoms with Crippen molar-refractivity contribution in [1.29, 1.82) is 0 Å². The Balaban J connectivity index is 2.12. The molecular weight excluding hydrogens is 363 g/mol. The zero-order valence-electron chi connectivity index (χ0n) is 10.5. The summed E-state index contributed by atoms with van der Waals surface area (Å²) in [5.41, 5.74) is 1.40. The molecule has 1 aromatic carbocycles. The van der Waals surface area contributed by atoms with Crippen molar-refractivity contribution in [1.82, 2.24) is 10.3 Å². The second kappa shape index (κ2) is 6.57. The Bertz CT molecular complexity index is 611. The molecule has 0 aliphatic heterocycles. The van der Waals surface area contributed by atoms with Crippen LogP contribution in [0, 0.1) is 0 Å². The SMILES string of the molecule is C[C@@H](NC(=O)c1cc(Cl)nc(Cl)c1)c1ccc(Br)cc1. The van der Waals surface area contributed by atoms with Crippen molar-refractivity contribution in [3.8, 4) is 0 Å². The molecule has 0 bridgehead atoms. The molecule has 1 atom stereocenters. The monoisotopic (exact) mass is 372 g/mol. The highest BCUT2D eigenvalue weighted by atomic mass is 79.9. The molecule has 0 saturated carbocycles. The van der Waals surface area contributed by atoms with Crippen molar-refractivity contribution < 1.29 is 4.79 Å². The number of nitrogens with zero attached hydrogens (tertiary/aromatic N) is 1. The highest BCUT2D eigenvalue weighted by molar-refractivity contribution is 9.10. The summed E-state index contributed by atoms with van der Waals surface area (Å²) in [6.07, 6.45) is 0. The number of carbonyl (C=O) groups is 1. The quantitative estimate of drug-likeness (QED) is 0.796. The maximum absolute atomic E-state index is 12.1. The first kappa shape index (κ1) is 15.3. The van der Waals surface area contributed by atoms with Crippen molar-refractivity contribution in [3.63, 3.8) is 0 Å². The number of amides is 1. The van der Waals surface area contributed by atoms with Crippen molar-refractivity contribution in [2.75, 3.05) is 0 Å². The highest BCUT2D eigenvalue weighted by Crippen LogP contribution is 2.18. The average Bonchev–Trinajstić information content (AvgIpc) is 2.38. The van der Waals surface area contributed by atoms with Crippen LogP contribution in [-0.4, -0.2) is 10.9 Å². The molecule has 2 aromatic rings.